The van der Waals surface area contributed by atoms with E-state index < -0.39 is 11.7 Å². The van der Waals surface area contributed by atoms with Crippen LogP contribution in [-0.4, -0.2) is 23.5 Å². The van der Waals surface area contributed by atoms with Crippen molar-refractivity contribution in [3.05, 3.63) is 17.7 Å². The average molecular weight is 291 g/mol. The lowest BCUT2D eigenvalue weighted by Gasteiger charge is -2.13. The van der Waals surface area contributed by atoms with Gasteiger partial charge < -0.3 is 16.1 Å². The van der Waals surface area contributed by atoms with Gasteiger partial charge in [-0.2, -0.15) is 13.2 Å². The van der Waals surface area contributed by atoms with Crippen LogP contribution in [0.5, 0.6) is 0 Å². The van der Waals surface area contributed by atoms with Crippen LogP contribution >= 0.6 is 0 Å². The molecular formula is C11H16F3N5O. The molecule has 0 atom stereocenters. The van der Waals surface area contributed by atoms with Crippen molar-refractivity contribution >= 4 is 17.5 Å². The van der Waals surface area contributed by atoms with Crippen LogP contribution in [0.1, 0.15) is 19.4 Å². The number of nitrogens with one attached hydrogen (secondary N) is 3. The van der Waals surface area contributed by atoms with Gasteiger partial charge in [-0.25, -0.2) is 10.8 Å². The van der Waals surface area contributed by atoms with Gasteiger partial charge in [0.15, 0.2) is 0 Å². The summed E-state index contributed by atoms with van der Waals surface area (Å²) in [6.45, 7) is 3.37. The Morgan fingerprint density at radius 2 is 1.95 bits per heavy atom. The third-order valence-corrected chi connectivity index (χ3v) is 2.18. The number of rotatable bonds is 5. The molecule has 0 saturated heterocycles. The summed E-state index contributed by atoms with van der Waals surface area (Å²) in [5.74, 6) is 4.48. The Kier molecular flexibility index (Phi) is 5.14. The molecule has 0 saturated carbocycles. The average Bonchev–Trinajstić information content (AvgIpc) is 2.34. The van der Waals surface area contributed by atoms with Gasteiger partial charge in [0.05, 0.1) is 12.1 Å². The molecule has 1 aromatic heterocycles. The van der Waals surface area contributed by atoms with E-state index in [1.807, 2.05) is 5.43 Å². The van der Waals surface area contributed by atoms with Crippen LogP contribution in [0.4, 0.5) is 24.8 Å². The van der Waals surface area contributed by atoms with Crippen molar-refractivity contribution in [3.63, 3.8) is 0 Å². The second kappa shape index (κ2) is 6.42. The van der Waals surface area contributed by atoms with E-state index in [1.54, 1.807) is 13.8 Å². The van der Waals surface area contributed by atoms with Gasteiger partial charge in [-0.1, -0.05) is 0 Å². The van der Waals surface area contributed by atoms with Crippen LogP contribution in [0.3, 0.4) is 0 Å². The van der Waals surface area contributed by atoms with Crippen LogP contribution < -0.4 is 21.9 Å². The monoisotopic (exact) mass is 291 g/mol. The number of pyridine rings is 1. The molecule has 1 amide bonds. The summed E-state index contributed by atoms with van der Waals surface area (Å²) in [5, 5.41) is 5.11. The van der Waals surface area contributed by atoms with Crippen molar-refractivity contribution in [2.24, 2.45) is 5.84 Å². The zero-order valence-electron chi connectivity index (χ0n) is 11.0. The Hall–Kier alpha value is -2.03. The van der Waals surface area contributed by atoms with Gasteiger partial charge >= 0.3 is 6.18 Å². The number of amides is 1. The first kappa shape index (κ1) is 16.0. The fourth-order valence-electron chi connectivity index (χ4n) is 1.40. The highest BCUT2D eigenvalue weighted by Gasteiger charge is 2.31. The number of aromatic nitrogens is 1. The molecule has 1 heterocycles. The molecule has 0 aliphatic carbocycles. The molecule has 1 aromatic rings. The number of carbonyl (C=O) groups is 1. The van der Waals surface area contributed by atoms with Gasteiger partial charge in [0.2, 0.25) is 5.91 Å². The Morgan fingerprint density at radius 3 is 2.45 bits per heavy atom. The number of nitrogens with two attached hydrogens (primary N) is 1. The van der Waals surface area contributed by atoms with Crippen LogP contribution in [0.25, 0.3) is 0 Å². The van der Waals surface area contributed by atoms with Gasteiger partial charge in [-0.05, 0) is 26.0 Å². The quantitative estimate of drug-likeness (QED) is 0.485. The first-order chi connectivity index (χ1) is 9.22. The minimum Gasteiger partial charge on any atom is -0.361 e. The number of halogens is 3. The lowest BCUT2D eigenvalue weighted by molar-refractivity contribution is -0.137. The molecule has 112 valence electrons. The van der Waals surface area contributed by atoms with Gasteiger partial charge in [0.25, 0.3) is 0 Å². The summed E-state index contributed by atoms with van der Waals surface area (Å²) in [7, 11) is 0. The maximum absolute atomic E-state index is 12.7. The maximum Gasteiger partial charge on any atom is 0.416 e. The van der Waals surface area contributed by atoms with Crippen molar-refractivity contribution in [2.45, 2.75) is 26.1 Å². The first-order valence-corrected chi connectivity index (χ1v) is 5.81. The molecule has 1 rings (SSSR count). The smallest absolute Gasteiger partial charge is 0.361 e. The molecule has 0 radical (unpaired) electrons. The van der Waals surface area contributed by atoms with Gasteiger partial charge in [0.1, 0.15) is 11.6 Å². The van der Waals surface area contributed by atoms with Crippen molar-refractivity contribution in [2.75, 3.05) is 17.3 Å². The number of hydrogen-bond acceptors (Lipinski definition) is 5. The number of carbonyl (C=O) groups excluding carboxylic acids is 1. The predicted octanol–water partition coefficient (Wildman–Crippen LogP) is 1.32. The van der Waals surface area contributed by atoms with Crippen LogP contribution in [-0.2, 0) is 11.0 Å². The fourth-order valence-corrected chi connectivity index (χ4v) is 1.40. The summed E-state index contributed by atoms with van der Waals surface area (Å²) in [6.07, 6.45) is -4.52. The number of alkyl halides is 3. The lowest BCUT2D eigenvalue weighted by atomic mass is 10.2. The number of hydrogen-bond donors (Lipinski definition) is 4. The largest absolute Gasteiger partial charge is 0.416 e. The van der Waals surface area contributed by atoms with Crippen LogP contribution in [0, 0.1) is 0 Å². The minimum atomic E-state index is -4.52. The summed E-state index contributed by atoms with van der Waals surface area (Å²) < 4.78 is 38.0. The molecule has 5 N–H and O–H groups in total. The maximum atomic E-state index is 12.7. The summed E-state index contributed by atoms with van der Waals surface area (Å²) >= 11 is 0. The van der Waals surface area contributed by atoms with Gasteiger partial charge in [-0.15, -0.1) is 0 Å². The molecular weight excluding hydrogens is 275 g/mol. The van der Waals surface area contributed by atoms with Gasteiger partial charge in [0, 0.05) is 6.04 Å². The van der Waals surface area contributed by atoms with E-state index in [-0.39, 0.29) is 30.1 Å². The number of hydrazine groups is 1. The van der Waals surface area contributed by atoms with E-state index in [0.717, 1.165) is 12.1 Å². The van der Waals surface area contributed by atoms with Crippen molar-refractivity contribution in [1.82, 2.24) is 10.3 Å². The number of anilines is 2. The minimum absolute atomic E-state index is 0.0555. The molecule has 20 heavy (non-hydrogen) atoms. The highest BCUT2D eigenvalue weighted by atomic mass is 19.4. The highest BCUT2D eigenvalue weighted by Crippen LogP contribution is 2.31. The molecule has 0 aliphatic rings. The molecule has 0 aromatic carbocycles. The Morgan fingerprint density at radius 1 is 1.35 bits per heavy atom. The van der Waals surface area contributed by atoms with E-state index >= 15 is 0 Å². The molecule has 0 bridgehead atoms. The lowest BCUT2D eigenvalue weighted by Crippen LogP contribution is -2.35. The molecule has 6 nitrogen and oxygen atoms in total. The molecule has 9 heteroatoms. The first-order valence-electron chi connectivity index (χ1n) is 5.81. The SMILES string of the molecule is CC(C)NC(=O)CNc1cc(C(F)(F)F)cc(NN)n1. The second-order valence-electron chi connectivity index (χ2n) is 4.34. The van der Waals surface area contributed by atoms with E-state index in [4.69, 9.17) is 5.84 Å². The Bertz CT molecular complexity index is 476. The van der Waals surface area contributed by atoms with E-state index in [1.165, 1.54) is 0 Å². The number of nitrogens with zero attached hydrogens (tertiary/aromatic N) is 1. The highest BCUT2D eigenvalue weighted by molar-refractivity contribution is 5.80. The summed E-state index contributed by atoms with van der Waals surface area (Å²) in [5.41, 5.74) is 1.14. The zero-order chi connectivity index (χ0) is 15.3. The van der Waals surface area contributed by atoms with Crippen LogP contribution in [0.2, 0.25) is 0 Å². The van der Waals surface area contributed by atoms with E-state index in [2.05, 4.69) is 15.6 Å². The fraction of sp³-hybridized carbons (Fsp3) is 0.455. The molecule has 0 unspecified atom stereocenters. The topological polar surface area (TPSA) is 92.1 Å². The number of nitrogen functional groups attached to an aromatic ring is 1. The standard InChI is InChI=1S/C11H16F3N5O/c1-6(2)17-10(20)5-16-8-3-7(11(12,13)14)4-9(18-8)19-15/h3-4,6H,5,15H2,1-2H3,(H,17,20)(H2,16,18,19). The van der Waals surface area contributed by atoms with E-state index in [0.29, 0.717) is 0 Å². The Balaban J connectivity index is 2.82. The third-order valence-electron chi connectivity index (χ3n) is 2.18. The van der Waals surface area contributed by atoms with Crippen molar-refractivity contribution in [3.8, 4) is 0 Å². The normalized spacial score (nSPS) is 11.3. The molecule has 0 fully saturated rings. The third kappa shape index (κ3) is 4.92. The van der Waals surface area contributed by atoms with Gasteiger partial charge in [-0.3, -0.25) is 4.79 Å². The summed E-state index contributed by atoms with van der Waals surface area (Å²) in [4.78, 5) is 15.2. The van der Waals surface area contributed by atoms with Crippen molar-refractivity contribution < 1.29 is 18.0 Å². The van der Waals surface area contributed by atoms with Crippen LogP contribution in [0.15, 0.2) is 12.1 Å². The van der Waals surface area contributed by atoms with E-state index in [9.17, 15) is 18.0 Å². The predicted molar refractivity (Wildman–Crippen MR) is 68.8 cm³/mol. The summed E-state index contributed by atoms with van der Waals surface area (Å²) in [6, 6.07) is 1.53. The molecule has 0 spiro atoms. The second-order valence-corrected chi connectivity index (χ2v) is 4.34. The van der Waals surface area contributed by atoms with Crippen molar-refractivity contribution in [1.29, 1.82) is 0 Å². The zero-order valence-corrected chi connectivity index (χ0v) is 11.0. The molecule has 0 aliphatic heterocycles. The Labute approximate surface area is 113 Å².